The largest absolute Gasteiger partial charge is 0.287 e. The first-order chi connectivity index (χ1) is 6.56. The molecular weight excluding hydrogens is 239 g/mol. The van der Waals surface area contributed by atoms with Crippen molar-refractivity contribution in [2.24, 2.45) is 0 Å². The highest BCUT2D eigenvalue weighted by molar-refractivity contribution is 7.96. The van der Waals surface area contributed by atoms with Gasteiger partial charge in [-0.1, -0.05) is 36.2 Å². The van der Waals surface area contributed by atoms with E-state index in [1.54, 1.807) is 18.2 Å². The fourth-order valence-electron chi connectivity index (χ4n) is 1.31. The topological polar surface area (TPSA) is 17.1 Å². The second-order valence-electron chi connectivity index (χ2n) is 2.96. The van der Waals surface area contributed by atoms with Gasteiger partial charge in [-0.2, -0.15) is 0 Å². The molecule has 0 spiro atoms. The predicted octanol–water partition coefficient (Wildman–Crippen LogP) is 3.94. The van der Waals surface area contributed by atoms with Gasteiger partial charge in [0.05, 0.1) is 5.92 Å². The molecule has 0 amide bonds. The van der Waals surface area contributed by atoms with Crippen LogP contribution in [0.5, 0.6) is 0 Å². The summed E-state index contributed by atoms with van der Waals surface area (Å²) in [5, 5.41) is 0.920. The maximum atomic E-state index is 11.2. The van der Waals surface area contributed by atoms with Crippen LogP contribution >= 0.6 is 35.8 Å². The van der Waals surface area contributed by atoms with E-state index in [9.17, 15) is 4.79 Å². The van der Waals surface area contributed by atoms with Crippen molar-refractivity contribution in [1.82, 2.24) is 0 Å². The van der Waals surface area contributed by atoms with Gasteiger partial charge in [-0.15, -0.1) is 12.6 Å². The van der Waals surface area contributed by atoms with Crippen molar-refractivity contribution in [2.45, 2.75) is 19.3 Å². The molecular formula is C10H10Cl2OS. The fraction of sp³-hybridized carbons (Fsp3) is 0.300. The van der Waals surface area contributed by atoms with E-state index in [1.807, 2.05) is 6.92 Å². The molecule has 0 aliphatic carbocycles. The van der Waals surface area contributed by atoms with E-state index in [-0.39, 0.29) is 11.0 Å². The molecule has 0 saturated carbocycles. The van der Waals surface area contributed by atoms with Crippen LogP contribution in [0.2, 0.25) is 10.0 Å². The monoisotopic (exact) mass is 248 g/mol. The zero-order valence-corrected chi connectivity index (χ0v) is 10.0. The van der Waals surface area contributed by atoms with Crippen molar-refractivity contribution < 1.29 is 4.79 Å². The summed E-state index contributed by atoms with van der Waals surface area (Å²) in [6.45, 7) is 1.92. The third-order valence-electron chi connectivity index (χ3n) is 2.04. The summed E-state index contributed by atoms with van der Waals surface area (Å²) in [6, 6.07) is 5.13. The van der Waals surface area contributed by atoms with Gasteiger partial charge in [-0.25, -0.2) is 0 Å². The van der Waals surface area contributed by atoms with Crippen LogP contribution in [0.25, 0.3) is 0 Å². The number of rotatable bonds is 3. The molecule has 0 radical (unpaired) electrons. The summed E-state index contributed by atoms with van der Waals surface area (Å²) < 4.78 is 0. The van der Waals surface area contributed by atoms with Crippen molar-refractivity contribution in [1.29, 1.82) is 0 Å². The maximum absolute atomic E-state index is 11.2. The number of halogens is 2. The molecule has 1 nitrogen and oxygen atoms in total. The van der Waals surface area contributed by atoms with Gasteiger partial charge in [0.25, 0.3) is 0 Å². The Hall–Kier alpha value is -0.180. The lowest BCUT2D eigenvalue weighted by atomic mass is 9.98. The summed E-state index contributed by atoms with van der Waals surface area (Å²) in [7, 11) is 0. The molecule has 1 rings (SSSR count). The molecule has 0 fully saturated rings. The Labute approximate surface area is 98.8 Å². The molecule has 1 aromatic rings. The van der Waals surface area contributed by atoms with Gasteiger partial charge in [-0.05, 0) is 24.1 Å². The van der Waals surface area contributed by atoms with Crippen LogP contribution in [0.15, 0.2) is 18.2 Å². The van der Waals surface area contributed by atoms with Gasteiger partial charge >= 0.3 is 0 Å². The van der Waals surface area contributed by atoms with E-state index in [0.717, 1.165) is 5.56 Å². The average Bonchev–Trinajstić information content (AvgIpc) is 2.09. The smallest absolute Gasteiger partial charge is 0.193 e. The first-order valence-electron chi connectivity index (χ1n) is 4.24. The Kier molecular flexibility index (Phi) is 4.30. The molecule has 1 unspecified atom stereocenters. The molecule has 0 bridgehead atoms. The third-order valence-corrected chi connectivity index (χ3v) is 2.92. The highest BCUT2D eigenvalue weighted by Crippen LogP contribution is 2.30. The Morgan fingerprint density at radius 1 is 1.50 bits per heavy atom. The van der Waals surface area contributed by atoms with Crippen molar-refractivity contribution in [3.8, 4) is 0 Å². The molecule has 0 aromatic heterocycles. The van der Waals surface area contributed by atoms with Gasteiger partial charge < -0.3 is 0 Å². The Bertz CT molecular complexity index is 352. The average molecular weight is 249 g/mol. The van der Waals surface area contributed by atoms with Gasteiger partial charge in [0, 0.05) is 10.0 Å². The predicted molar refractivity (Wildman–Crippen MR) is 63.5 cm³/mol. The molecule has 14 heavy (non-hydrogen) atoms. The summed E-state index contributed by atoms with van der Waals surface area (Å²) in [5.74, 6) is -0.247. The van der Waals surface area contributed by atoms with Crippen molar-refractivity contribution in [3.63, 3.8) is 0 Å². The summed E-state index contributed by atoms with van der Waals surface area (Å²) in [6.07, 6.45) is 0.684. The minimum absolute atomic E-state index is 0.170. The summed E-state index contributed by atoms with van der Waals surface area (Å²) in [5.41, 5.74) is 0.790. The second kappa shape index (κ2) is 5.06. The quantitative estimate of drug-likeness (QED) is 0.803. The Morgan fingerprint density at radius 3 is 2.57 bits per heavy atom. The minimum atomic E-state index is -0.247. The van der Waals surface area contributed by atoms with Crippen molar-refractivity contribution >= 4 is 40.9 Å². The highest BCUT2D eigenvalue weighted by Gasteiger charge is 2.18. The molecule has 0 saturated heterocycles. The van der Waals surface area contributed by atoms with E-state index in [0.29, 0.717) is 16.5 Å². The number of hydrogen-bond acceptors (Lipinski definition) is 1. The second-order valence-corrected chi connectivity index (χ2v) is 4.25. The SMILES string of the molecule is CCC(C(=O)S)c1ccc(Cl)cc1Cl. The first kappa shape index (κ1) is 11.9. The normalized spacial score (nSPS) is 12.6. The zero-order valence-electron chi connectivity index (χ0n) is 7.63. The molecule has 0 heterocycles. The van der Waals surface area contributed by atoms with Crippen LogP contribution in [0.4, 0.5) is 0 Å². The van der Waals surface area contributed by atoms with Crippen molar-refractivity contribution in [2.75, 3.05) is 0 Å². The molecule has 76 valence electrons. The van der Waals surface area contributed by atoms with Gasteiger partial charge in [-0.3, -0.25) is 4.79 Å². The lowest BCUT2D eigenvalue weighted by Crippen LogP contribution is -2.05. The number of carbonyl (C=O) groups is 1. The van der Waals surface area contributed by atoms with Crippen LogP contribution in [0, 0.1) is 0 Å². The van der Waals surface area contributed by atoms with Crippen LogP contribution in [0.3, 0.4) is 0 Å². The van der Waals surface area contributed by atoms with Crippen LogP contribution in [-0.4, -0.2) is 5.12 Å². The van der Waals surface area contributed by atoms with Crippen LogP contribution in [0.1, 0.15) is 24.8 Å². The fourth-order valence-corrected chi connectivity index (χ4v) is 2.17. The molecule has 4 heteroatoms. The number of hydrogen-bond donors (Lipinski definition) is 1. The van der Waals surface area contributed by atoms with Crippen molar-refractivity contribution in [3.05, 3.63) is 33.8 Å². The first-order valence-corrected chi connectivity index (χ1v) is 5.44. The molecule has 1 aromatic carbocycles. The van der Waals surface area contributed by atoms with E-state index in [2.05, 4.69) is 12.6 Å². The third kappa shape index (κ3) is 2.66. The summed E-state index contributed by atoms with van der Waals surface area (Å²) >= 11 is 15.6. The van der Waals surface area contributed by atoms with Gasteiger partial charge in [0.1, 0.15) is 0 Å². The van der Waals surface area contributed by atoms with E-state index in [1.165, 1.54) is 0 Å². The van der Waals surface area contributed by atoms with Gasteiger partial charge in [0.15, 0.2) is 5.12 Å². The van der Waals surface area contributed by atoms with Crippen LogP contribution in [-0.2, 0) is 4.79 Å². The lowest BCUT2D eigenvalue weighted by Gasteiger charge is -2.12. The molecule has 0 aliphatic rings. The molecule has 1 atom stereocenters. The molecule has 0 aliphatic heterocycles. The zero-order chi connectivity index (χ0) is 10.7. The summed E-state index contributed by atoms with van der Waals surface area (Å²) in [4.78, 5) is 11.2. The standard InChI is InChI=1S/C10H10Cl2OS/c1-2-7(10(13)14)8-4-3-6(11)5-9(8)12/h3-5,7H,2H2,1H3,(H,13,14). The van der Waals surface area contributed by atoms with Crippen LogP contribution < -0.4 is 0 Å². The Morgan fingerprint density at radius 2 is 2.14 bits per heavy atom. The Balaban J connectivity index is 3.10. The lowest BCUT2D eigenvalue weighted by molar-refractivity contribution is -0.112. The molecule has 0 N–H and O–H groups in total. The van der Waals surface area contributed by atoms with E-state index >= 15 is 0 Å². The van der Waals surface area contributed by atoms with E-state index < -0.39 is 0 Å². The van der Waals surface area contributed by atoms with E-state index in [4.69, 9.17) is 23.2 Å². The maximum Gasteiger partial charge on any atom is 0.193 e. The highest BCUT2D eigenvalue weighted by atomic mass is 35.5. The number of benzene rings is 1. The number of thiol groups is 1. The minimum Gasteiger partial charge on any atom is -0.287 e. The van der Waals surface area contributed by atoms with Gasteiger partial charge in [0.2, 0.25) is 0 Å². The number of carbonyl (C=O) groups excluding carboxylic acids is 1.